The summed E-state index contributed by atoms with van der Waals surface area (Å²) in [5.41, 5.74) is 7.82. The van der Waals surface area contributed by atoms with Gasteiger partial charge in [-0.3, -0.25) is 4.57 Å². The number of aliphatic hydroxyl groups excluding tert-OH is 1. The zero-order chi connectivity index (χ0) is 19.6. The van der Waals surface area contributed by atoms with Crippen LogP contribution in [-0.2, 0) is 4.74 Å². The van der Waals surface area contributed by atoms with Gasteiger partial charge in [0.1, 0.15) is 18.3 Å². The molecule has 3 rings (SSSR count). The number of benzene rings is 1. The number of alkyl carbamates (subject to hydrolysis) is 1. The van der Waals surface area contributed by atoms with E-state index < -0.39 is 17.8 Å². The lowest BCUT2D eigenvalue weighted by molar-refractivity contribution is 0.0402. The number of carbonyl (C=O) groups is 1. The minimum atomic E-state index is -0.717. The highest BCUT2D eigenvalue weighted by Crippen LogP contribution is 2.26. The van der Waals surface area contributed by atoms with Crippen LogP contribution < -0.4 is 16.0 Å². The normalized spacial score (nSPS) is 20.4. The van der Waals surface area contributed by atoms with Gasteiger partial charge in [-0.2, -0.15) is 0 Å². The predicted molar refractivity (Wildman–Crippen MR) is 102 cm³/mol. The topological polar surface area (TPSA) is 119 Å². The molecule has 1 amide bonds. The van der Waals surface area contributed by atoms with Crippen LogP contribution in [0.25, 0.3) is 5.69 Å². The number of hydrogen-bond acceptors (Lipinski definition) is 7. The van der Waals surface area contributed by atoms with Crippen molar-refractivity contribution < 1.29 is 14.6 Å². The Bertz CT molecular complexity index is 787. The molecule has 0 unspecified atom stereocenters. The standard InChI is InChI=1S/C18H26N6O3/c1-18(2,3)27-17(26)22-15-4-5-23(9-16(15)25)13-6-12(19)7-14(8-13)24-10-20-21-11-24/h6-8,10-11,15-16,25H,4-5,9,19H2,1-3H3,(H,22,26)/t15-,16+/m0/s1. The maximum Gasteiger partial charge on any atom is 0.407 e. The Labute approximate surface area is 158 Å². The van der Waals surface area contributed by atoms with E-state index in [-0.39, 0.29) is 6.04 Å². The Hall–Kier alpha value is -2.81. The van der Waals surface area contributed by atoms with E-state index in [1.54, 1.807) is 38.0 Å². The third-order valence-electron chi connectivity index (χ3n) is 4.29. The van der Waals surface area contributed by atoms with Gasteiger partial charge in [-0.1, -0.05) is 0 Å². The van der Waals surface area contributed by atoms with Gasteiger partial charge in [-0.05, 0) is 45.4 Å². The fourth-order valence-electron chi connectivity index (χ4n) is 3.08. The fourth-order valence-corrected chi connectivity index (χ4v) is 3.08. The number of nitrogens with one attached hydrogen (secondary N) is 1. The Morgan fingerprint density at radius 1 is 1.26 bits per heavy atom. The van der Waals surface area contributed by atoms with Gasteiger partial charge in [0, 0.05) is 24.5 Å². The first-order chi connectivity index (χ1) is 12.7. The SMILES string of the molecule is CC(C)(C)OC(=O)N[C@H]1CCN(c2cc(N)cc(-n3cnnc3)c2)C[C@H]1O. The summed E-state index contributed by atoms with van der Waals surface area (Å²) >= 11 is 0. The smallest absolute Gasteiger partial charge is 0.407 e. The zero-order valence-corrected chi connectivity index (χ0v) is 15.8. The summed E-state index contributed by atoms with van der Waals surface area (Å²) in [6, 6.07) is 5.31. The average Bonchev–Trinajstić information content (AvgIpc) is 3.09. The van der Waals surface area contributed by atoms with Crippen molar-refractivity contribution in [2.45, 2.75) is 44.9 Å². The Morgan fingerprint density at radius 3 is 2.56 bits per heavy atom. The molecule has 9 nitrogen and oxygen atoms in total. The number of rotatable bonds is 3. The second-order valence-electron chi connectivity index (χ2n) is 7.71. The predicted octanol–water partition coefficient (Wildman–Crippen LogP) is 1.31. The van der Waals surface area contributed by atoms with Crippen molar-refractivity contribution in [1.29, 1.82) is 0 Å². The molecule has 1 fully saturated rings. The molecule has 0 bridgehead atoms. The summed E-state index contributed by atoms with van der Waals surface area (Å²) in [7, 11) is 0. The van der Waals surface area contributed by atoms with E-state index in [1.165, 1.54) is 0 Å². The molecule has 1 aliphatic rings. The van der Waals surface area contributed by atoms with Crippen LogP contribution in [0.4, 0.5) is 16.2 Å². The maximum absolute atomic E-state index is 12.0. The van der Waals surface area contributed by atoms with Crippen LogP contribution in [0, 0.1) is 0 Å². The van der Waals surface area contributed by atoms with Crippen LogP contribution >= 0.6 is 0 Å². The molecule has 0 spiro atoms. The number of hydrogen-bond donors (Lipinski definition) is 3. The summed E-state index contributed by atoms with van der Waals surface area (Å²) in [5.74, 6) is 0. The number of piperidine rings is 1. The number of aromatic nitrogens is 3. The molecule has 9 heteroatoms. The lowest BCUT2D eigenvalue weighted by atomic mass is 10.0. The van der Waals surface area contributed by atoms with Gasteiger partial charge < -0.3 is 25.8 Å². The molecule has 1 aliphatic heterocycles. The van der Waals surface area contributed by atoms with Crippen LogP contribution in [0.5, 0.6) is 0 Å². The fraction of sp³-hybridized carbons (Fsp3) is 0.500. The van der Waals surface area contributed by atoms with Gasteiger partial charge in [0.25, 0.3) is 0 Å². The first-order valence-corrected chi connectivity index (χ1v) is 8.89. The minimum Gasteiger partial charge on any atom is -0.444 e. The number of nitrogen functional groups attached to an aromatic ring is 1. The molecule has 2 heterocycles. The first-order valence-electron chi connectivity index (χ1n) is 8.89. The Balaban J connectivity index is 1.67. The van der Waals surface area contributed by atoms with Gasteiger partial charge in [-0.15, -0.1) is 10.2 Å². The third-order valence-corrected chi connectivity index (χ3v) is 4.29. The largest absolute Gasteiger partial charge is 0.444 e. The summed E-state index contributed by atoms with van der Waals surface area (Å²) < 4.78 is 7.04. The van der Waals surface area contributed by atoms with E-state index in [9.17, 15) is 9.90 Å². The van der Waals surface area contributed by atoms with E-state index in [0.717, 1.165) is 11.4 Å². The van der Waals surface area contributed by atoms with Gasteiger partial charge in [-0.25, -0.2) is 4.79 Å². The third kappa shape index (κ3) is 4.88. The maximum atomic E-state index is 12.0. The molecule has 2 aromatic rings. The highest BCUT2D eigenvalue weighted by molar-refractivity contribution is 5.68. The number of β-amino-alcohol motifs (C(OH)–C–C–N with tert-alkyl or cyclic N) is 1. The van der Waals surface area contributed by atoms with E-state index in [0.29, 0.717) is 25.2 Å². The summed E-state index contributed by atoms with van der Waals surface area (Å²) in [6.07, 6.45) is 2.57. The molecule has 2 atom stereocenters. The number of aliphatic hydroxyl groups is 1. The number of carbonyl (C=O) groups excluding carboxylic acids is 1. The van der Waals surface area contributed by atoms with Crippen LogP contribution in [0.3, 0.4) is 0 Å². The van der Waals surface area contributed by atoms with E-state index in [2.05, 4.69) is 15.5 Å². The summed E-state index contributed by atoms with van der Waals surface area (Å²) in [4.78, 5) is 14.0. The monoisotopic (exact) mass is 374 g/mol. The number of amides is 1. The zero-order valence-electron chi connectivity index (χ0n) is 15.8. The molecular formula is C18H26N6O3. The minimum absolute atomic E-state index is 0.352. The van der Waals surface area contributed by atoms with Gasteiger partial charge >= 0.3 is 6.09 Å². The lowest BCUT2D eigenvalue weighted by Gasteiger charge is -2.38. The molecule has 0 radical (unpaired) electrons. The number of anilines is 2. The summed E-state index contributed by atoms with van der Waals surface area (Å²) in [6.45, 7) is 6.46. The number of ether oxygens (including phenoxy) is 1. The molecule has 0 aliphatic carbocycles. The molecule has 27 heavy (non-hydrogen) atoms. The quantitative estimate of drug-likeness (QED) is 0.693. The number of nitrogens with zero attached hydrogens (tertiary/aromatic N) is 4. The van der Waals surface area contributed by atoms with Crippen molar-refractivity contribution in [1.82, 2.24) is 20.1 Å². The van der Waals surface area contributed by atoms with E-state index in [1.807, 2.05) is 23.1 Å². The van der Waals surface area contributed by atoms with Crippen LogP contribution in [0.1, 0.15) is 27.2 Å². The molecule has 4 N–H and O–H groups in total. The van der Waals surface area contributed by atoms with Crippen molar-refractivity contribution in [3.63, 3.8) is 0 Å². The van der Waals surface area contributed by atoms with E-state index in [4.69, 9.17) is 10.5 Å². The Kier molecular flexibility index (Phi) is 5.22. The van der Waals surface area contributed by atoms with Crippen molar-refractivity contribution in [2.75, 3.05) is 23.7 Å². The van der Waals surface area contributed by atoms with Gasteiger partial charge in [0.15, 0.2) is 0 Å². The molecule has 1 saturated heterocycles. The van der Waals surface area contributed by atoms with Crippen molar-refractivity contribution >= 4 is 17.5 Å². The molecular weight excluding hydrogens is 348 g/mol. The summed E-state index contributed by atoms with van der Waals surface area (Å²) in [5, 5.41) is 20.9. The Morgan fingerprint density at radius 2 is 1.93 bits per heavy atom. The lowest BCUT2D eigenvalue weighted by Crippen LogP contribution is -2.54. The van der Waals surface area contributed by atoms with Gasteiger partial charge in [0.2, 0.25) is 0 Å². The molecule has 1 aromatic heterocycles. The van der Waals surface area contributed by atoms with Crippen LogP contribution in [-0.4, -0.2) is 56.8 Å². The highest BCUT2D eigenvalue weighted by Gasteiger charge is 2.30. The molecule has 0 saturated carbocycles. The van der Waals surface area contributed by atoms with Gasteiger partial charge in [0.05, 0.1) is 17.8 Å². The van der Waals surface area contributed by atoms with E-state index >= 15 is 0 Å². The second kappa shape index (κ2) is 7.43. The highest BCUT2D eigenvalue weighted by atomic mass is 16.6. The molecule has 1 aromatic carbocycles. The average molecular weight is 374 g/mol. The van der Waals surface area contributed by atoms with Crippen molar-refractivity contribution in [2.24, 2.45) is 0 Å². The van der Waals surface area contributed by atoms with Crippen molar-refractivity contribution in [3.8, 4) is 5.69 Å². The number of nitrogens with two attached hydrogens (primary N) is 1. The second-order valence-corrected chi connectivity index (χ2v) is 7.71. The first kappa shape index (κ1) is 19.0. The molecule has 146 valence electrons. The van der Waals surface area contributed by atoms with Crippen molar-refractivity contribution in [3.05, 3.63) is 30.9 Å². The van der Waals surface area contributed by atoms with Crippen LogP contribution in [0.2, 0.25) is 0 Å². The van der Waals surface area contributed by atoms with Crippen LogP contribution in [0.15, 0.2) is 30.9 Å².